The van der Waals surface area contributed by atoms with E-state index in [1.165, 1.54) is 0 Å². The van der Waals surface area contributed by atoms with E-state index < -0.39 is 0 Å². The van der Waals surface area contributed by atoms with E-state index in [0.717, 1.165) is 17.7 Å². The van der Waals surface area contributed by atoms with Gasteiger partial charge in [-0.2, -0.15) is 0 Å². The summed E-state index contributed by atoms with van der Waals surface area (Å²) >= 11 is 0. The Morgan fingerprint density at radius 2 is 1.92 bits per heavy atom. The highest BCUT2D eigenvalue weighted by atomic mass is 16.5. The van der Waals surface area contributed by atoms with Gasteiger partial charge in [0.05, 0.1) is 19.4 Å². The number of anilines is 2. The first kappa shape index (κ1) is 17.7. The minimum Gasteiger partial charge on any atom is -0.495 e. The number of ether oxygens (including phenoxy) is 2. The molecule has 24 heavy (non-hydrogen) atoms. The van der Waals surface area contributed by atoms with Crippen LogP contribution in [-0.4, -0.2) is 19.6 Å². The first-order chi connectivity index (χ1) is 11.6. The van der Waals surface area contributed by atoms with Gasteiger partial charge in [-0.05, 0) is 48.7 Å². The number of methoxy groups -OCH3 is 1. The number of nitrogen functional groups attached to an aromatic ring is 1. The second kappa shape index (κ2) is 8.82. The lowest BCUT2D eigenvalue weighted by Gasteiger charge is -2.09. The van der Waals surface area contributed by atoms with Crippen LogP contribution in [0.5, 0.6) is 11.5 Å². The molecule has 0 aliphatic carbocycles. The number of benzene rings is 2. The van der Waals surface area contributed by atoms with E-state index in [1.54, 1.807) is 25.3 Å². The number of carbonyl (C=O) groups excluding carboxylic acids is 1. The summed E-state index contributed by atoms with van der Waals surface area (Å²) in [5, 5.41) is 2.84. The Bertz CT molecular complexity index is 669. The Labute approximate surface area is 142 Å². The molecule has 5 nitrogen and oxygen atoms in total. The fourth-order valence-corrected chi connectivity index (χ4v) is 2.27. The zero-order chi connectivity index (χ0) is 17.4. The van der Waals surface area contributed by atoms with Gasteiger partial charge in [0.15, 0.2) is 0 Å². The van der Waals surface area contributed by atoms with Crippen LogP contribution in [0.1, 0.15) is 25.3 Å². The summed E-state index contributed by atoms with van der Waals surface area (Å²) < 4.78 is 10.6. The van der Waals surface area contributed by atoms with E-state index in [-0.39, 0.29) is 5.91 Å². The largest absolute Gasteiger partial charge is 0.495 e. The van der Waals surface area contributed by atoms with Crippen LogP contribution in [0.25, 0.3) is 0 Å². The molecule has 2 aromatic rings. The van der Waals surface area contributed by atoms with Gasteiger partial charge in [-0.3, -0.25) is 4.79 Å². The Kier molecular flexibility index (Phi) is 6.49. The molecule has 0 fully saturated rings. The van der Waals surface area contributed by atoms with Crippen LogP contribution in [0.2, 0.25) is 0 Å². The fraction of sp³-hybridized carbons (Fsp3) is 0.316. The van der Waals surface area contributed by atoms with E-state index in [9.17, 15) is 4.79 Å². The van der Waals surface area contributed by atoms with Crippen molar-refractivity contribution in [1.82, 2.24) is 0 Å². The number of carbonyl (C=O) groups is 1. The molecule has 128 valence electrons. The standard InChI is InChI=1S/C19H24N2O3/c1-3-12-24-16-8-4-14(5-9-16)6-11-19(22)21-15-7-10-18(23-2)17(20)13-15/h4-5,7-10,13H,3,6,11-12,20H2,1-2H3,(H,21,22). The summed E-state index contributed by atoms with van der Waals surface area (Å²) in [7, 11) is 1.56. The van der Waals surface area contributed by atoms with Crippen molar-refractivity contribution >= 4 is 17.3 Å². The average molecular weight is 328 g/mol. The smallest absolute Gasteiger partial charge is 0.224 e. The normalized spacial score (nSPS) is 10.2. The number of rotatable bonds is 8. The van der Waals surface area contributed by atoms with E-state index in [4.69, 9.17) is 15.2 Å². The van der Waals surface area contributed by atoms with Crippen molar-refractivity contribution in [1.29, 1.82) is 0 Å². The zero-order valence-electron chi connectivity index (χ0n) is 14.2. The molecule has 0 unspecified atom stereocenters. The first-order valence-corrected chi connectivity index (χ1v) is 8.07. The van der Waals surface area contributed by atoms with Crippen molar-refractivity contribution in [2.75, 3.05) is 24.8 Å². The third kappa shape index (κ3) is 5.19. The third-order valence-corrected chi connectivity index (χ3v) is 3.55. The Hall–Kier alpha value is -2.69. The van der Waals surface area contributed by atoms with Gasteiger partial charge in [-0.25, -0.2) is 0 Å². The quantitative estimate of drug-likeness (QED) is 0.726. The number of nitrogens with one attached hydrogen (secondary N) is 1. The van der Waals surface area contributed by atoms with Crippen LogP contribution >= 0.6 is 0 Å². The number of aryl methyl sites for hydroxylation is 1. The van der Waals surface area contributed by atoms with Gasteiger partial charge in [-0.15, -0.1) is 0 Å². The molecule has 0 heterocycles. The summed E-state index contributed by atoms with van der Waals surface area (Å²) in [6, 6.07) is 13.1. The van der Waals surface area contributed by atoms with Gasteiger partial charge in [0, 0.05) is 12.1 Å². The SMILES string of the molecule is CCCOc1ccc(CCC(=O)Nc2ccc(OC)c(N)c2)cc1. The lowest BCUT2D eigenvalue weighted by Crippen LogP contribution is -2.12. The molecule has 0 aliphatic rings. The lowest BCUT2D eigenvalue weighted by atomic mass is 10.1. The predicted octanol–water partition coefficient (Wildman–Crippen LogP) is 3.64. The minimum atomic E-state index is -0.0501. The number of hydrogen-bond donors (Lipinski definition) is 2. The molecule has 0 aliphatic heterocycles. The highest BCUT2D eigenvalue weighted by molar-refractivity contribution is 5.91. The predicted molar refractivity (Wildman–Crippen MR) is 96.6 cm³/mol. The van der Waals surface area contributed by atoms with Crippen molar-refractivity contribution in [3.8, 4) is 11.5 Å². The maximum absolute atomic E-state index is 12.1. The molecule has 0 aromatic heterocycles. The van der Waals surface area contributed by atoms with Crippen molar-refractivity contribution in [3.63, 3.8) is 0 Å². The molecule has 0 saturated carbocycles. The van der Waals surface area contributed by atoms with Crippen molar-refractivity contribution in [2.24, 2.45) is 0 Å². The fourth-order valence-electron chi connectivity index (χ4n) is 2.27. The molecule has 1 amide bonds. The Balaban J connectivity index is 1.83. The average Bonchev–Trinajstić information content (AvgIpc) is 2.59. The molecule has 0 atom stereocenters. The van der Waals surface area contributed by atoms with Crippen LogP contribution in [0.3, 0.4) is 0 Å². The van der Waals surface area contributed by atoms with Crippen LogP contribution in [0.15, 0.2) is 42.5 Å². The van der Waals surface area contributed by atoms with Gasteiger partial charge < -0.3 is 20.5 Å². The molecule has 3 N–H and O–H groups in total. The van der Waals surface area contributed by atoms with Crippen LogP contribution in [0.4, 0.5) is 11.4 Å². The van der Waals surface area contributed by atoms with Crippen LogP contribution < -0.4 is 20.5 Å². The summed E-state index contributed by atoms with van der Waals surface area (Å²) in [6.07, 6.45) is 2.06. The monoisotopic (exact) mass is 328 g/mol. The zero-order valence-corrected chi connectivity index (χ0v) is 14.2. The minimum absolute atomic E-state index is 0.0501. The maximum Gasteiger partial charge on any atom is 0.224 e. The van der Waals surface area contributed by atoms with Crippen molar-refractivity contribution in [3.05, 3.63) is 48.0 Å². The van der Waals surface area contributed by atoms with E-state index in [2.05, 4.69) is 12.2 Å². The number of nitrogens with two attached hydrogens (primary N) is 1. The Morgan fingerprint density at radius 3 is 2.54 bits per heavy atom. The number of hydrogen-bond acceptors (Lipinski definition) is 4. The summed E-state index contributed by atoms with van der Waals surface area (Å²) in [5.74, 6) is 1.41. The summed E-state index contributed by atoms with van der Waals surface area (Å²) in [5.41, 5.74) is 8.10. The molecular formula is C19H24N2O3. The maximum atomic E-state index is 12.1. The van der Waals surface area contributed by atoms with Gasteiger partial charge in [-0.1, -0.05) is 19.1 Å². The van der Waals surface area contributed by atoms with Gasteiger partial charge >= 0.3 is 0 Å². The molecule has 2 rings (SSSR count). The summed E-state index contributed by atoms with van der Waals surface area (Å²) in [6.45, 7) is 2.79. The topological polar surface area (TPSA) is 73.6 Å². The van der Waals surface area contributed by atoms with E-state index in [1.807, 2.05) is 24.3 Å². The molecule has 0 spiro atoms. The highest BCUT2D eigenvalue weighted by Gasteiger charge is 2.06. The van der Waals surface area contributed by atoms with Gasteiger partial charge in [0.25, 0.3) is 0 Å². The van der Waals surface area contributed by atoms with E-state index in [0.29, 0.717) is 36.6 Å². The Morgan fingerprint density at radius 1 is 1.17 bits per heavy atom. The second-order valence-electron chi connectivity index (χ2n) is 5.50. The van der Waals surface area contributed by atoms with Gasteiger partial charge in [0.2, 0.25) is 5.91 Å². The molecule has 0 saturated heterocycles. The van der Waals surface area contributed by atoms with E-state index >= 15 is 0 Å². The lowest BCUT2D eigenvalue weighted by molar-refractivity contribution is -0.116. The van der Waals surface area contributed by atoms with Crippen molar-refractivity contribution in [2.45, 2.75) is 26.2 Å². The first-order valence-electron chi connectivity index (χ1n) is 8.07. The van der Waals surface area contributed by atoms with Crippen LogP contribution in [0, 0.1) is 0 Å². The molecule has 2 aromatic carbocycles. The number of amides is 1. The second-order valence-corrected chi connectivity index (χ2v) is 5.50. The summed E-state index contributed by atoms with van der Waals surface area (Å²) in [4.78, 5) is 12.1. The third-order valence-electron chi connectivity index (χ3n) is 3.55. The van der Waals surface area contributed by atoms with Crippen LogP contribution in [-0.2, 0) is 11.2 Å². The van der Waals surface area contributed by atoms with Crippen molar-refractivity contribution < 1.29 is 14.3 Å². The molecular weight excluding hydrogens is 304 g/mol. The molecule has 0 bridgehead atoms. The molecule has 0 radical (unpaired) electrons. The highest BCUT2D eigenvalue weighted by Crippen LogP contribution is 2.24. The molecule has 5 heteroatoms. The van der Waals surface area contributed by atoms with Gasteiger partial charge in [0.1, 0.15) is 11.5 Å².